The molecule has 3 aliphatic heterocycles. The molecule has 0 unspecified atom stereocenters. The molecule has 0 aliphatic carbocycles. The van der Waals surface area contributed by atoms with Crippen LogP contribution in [0.2, 0.25) is 0 Å². The van der Waals surface area contributed by atoms with E-state index in [2.05, 4.69) is 82.8 Å². The molecule has 5 heteroatoms. The van der Waals surface area contributed by atoms with Crippen LogP contribution < -0.4 is 16.0 Å². The quantitative estimate of drug-likeness (QED) is 0.329. The number of H-pyrrole nitrogens is 2. The summed E-state index contributed by atoms with van der Waals surface area (Å²) in [4.78, 5) is 26.8. The Bertz CT molecular complexity index is 1690. The zero-order valence-electron chi connectivity index (χ0n) is 26.2. The van der Waals surface area contributed by atoms with Gasteiger partial charge in [-0.1, -0.05) is 55.4 Å². The Labute approximate surface area is 245 Å². The molecule has 0 atom stereocenters. The Morgan fingerprint density at radius 2 is 1.20 bits per heavy atom. The standard InChI is InChI=1S/C36H46N4O/c1-9-21-22(10-2)32-26(14-6)33-23(11-3)24(12-4)34(40-33)27(15-7)35-28(16-8)36(41)30(38-35)19-20-17-18-29(37-20)25(13-5)31(21)39-32/h17-19,37-39H,9-16H2,1-8H3. The van der Waals surface area contributed by atoms with Crippen molar-refractivity contribution in [1.29, 1.82) is 0 Å². The van der Waals surface area contributed by atoms with Crippen LogP contribution >= 0.6 is 0 Å². The Hall–Kier alpha value is -3.60. The maximum atomic E-state index is 13.7. The zero-order chi connectivity index (χ0) is 29.4. The number of rotatable bonds is 8. The lowest BCUT2D eigenvalue weighted by molar-refractivity contribution is -0.112. The SMILES string of the molecule is CCC1=C(CC)C2=C(CC)C3=C(CC)C(=O)C(=Cc4ccc([nH]4)C(CC)=c4[nH]c(c(CC)c4CC)=C(CC)C1=N2)N3. The Morgan fingerprint density at radius 1 is 0.610 bits per heavy atom. The number of nitrogens with one attached hydrogen (secondary N) is 3. The third-order valence-corrected chi connectivity index (χ3v) is 9.10. The van der Waals surface area contributed by atoms with E-state index < -0.39 is 0 Å². The van der Waals surface area contributed by atoms with Gasteiger partial charge >= 0.3 is 0 Å². The number of aromatic amines is 2. The van der Waals surface area contributed by atoms with E-state index in [1.165, 1.54) is 44.1 Å². The maximum Gasteiger partial charge on any atom is 0.207 e. The number of nitrogens with zero attached hydrogens (tertiary/aromatic N) is 1. The number of hydrogen-bond donors (Lipinski definition) is 3. The molecule has 2 aromatic heterocycles. The predicted octanol–water partition coefficient (Wildman–Crippen LogP) is 7.06. The molecule has 0 aromatic carbocycles. The first-order valence-electron chi connectivity index (χ1n) is 15.9. The van der Waals surface area contributed by atoms with Crippen molar-refractivity contribution in [3.8, 4) is 0 Å². The maximum absolute atomic E-state index is 13.7. The molecule has 0 saturated carbocycles. The van der Waals surface area contributed by atoms with Crippen molar-refractivity contribution in [3.63, 3.8) is 0 Å². The second kappa shape index (κ2) is 11.7. The number of Topliss-reactive ketones (excluding diaryl/α,β-unsaturated/α-hetero) is 1. The van der Waals surface area contributed by atoms with E-state index in [0.717, 1.165) is 84.6 Å². The van der Waals surface area contributed by atoms with E-state index >= 15 is 0 Å². The zero-order valence-corrected chi connectivity index (χ0v) is 26.2. The number of aliphatic imine (C=N–C) groups is 1. The van der Waals surface area contributed by atoms with Gasteiger partial charge in [0, 0.05) is 38.8 Å². The fourth-order valence-electron chi connectivity index (χ4n) is 7.16. The molecule has 41 heavy (non-hydrogen) atoms. The molecule has 0 amide bonds. The first-order valence-corrected chi connectivity index (χ1v) is 15.9. The van der Waals surface area contributed by atoms with Crippen LogP contribution in [0.4, 0.5) is 0 Å². The van der Waals surface area contributed by atoms with Crippen molar-refractivity contribution in [2.75, 3.05) is 0 Å². The summed E-state index contributed by atoms with van der Waals surface area (Å²) in [6.45, 7) is 17.8. The monoisotopic (exact) mass is 550 g/mol. The molecule has 0 radical (unpaired) electrons. The molecule has 216 valence electrons. The molecule has 0 fully saturated rings. The minimum absolute atomic E-state index is 0.0874. The Balaban J connectivity index is 2.01. The Morgan fingerprint density at radius 3 is 1.76 bits per heavy atom. The molecule has 5 nitrogen and oxygen atoms in total. The molecule has 3 N–H and O–H groups in total. The number of carbonyl (C=O) groups is 1. The summed E-state index contributed by atoms with van der Waals surface area (Å²) in [7, 11) is 0. The number of aromatic nitrogens is 2. The molecule has 0 saturated heterocycles. The summed E-state index contributed by atoms with van der Waals surface area (Å²) >= 11 is 0. The van der Waals surface area contributed by atoms with E-state index in [-0.39, 0.29) is 5.78 Å². The molecule has 5 rings (SSSR count). The average Bonchev–Trinajstić information content (AvgIpc) is 3.74. The first kappa shape index (κ1) is 28.9. The molecule has 8 bridgehead atoms. The van der Waals surface area contributed by atoms with Gasteiger partial charge in [0.25, 0.3) is 0 Å². The van der Waals surface area contributed by atoms with E-state index in [4.69, 9.17) is 4.99 Å². The van der Waals surface area contributed by atoms with Crippen molar-refractivity contribution < 1.29 is 4.79 Å². The van der Waals surface area contributed by atoms with Crippen LogP contribution in [0.3, 0.4) is 0 Å². The summed E-state index contributed by atoms with van der Waals surface area (Å²) in [6.07, 6.45) is 9.02. The lowest BCUT2D eigenvalue weighted by atomic mass is 9.91. The van der Waals surface area contributed by atoms with Crippen LogP contribution in [0.1, 0.15) is 116 Å². The van der Waals surface area contributed by atoms with Crippen LogP contribution in [0.5, 0.6) is 0 Å². The minimum Gasteiger partial charge on any atom is -0.355 e. The highest BCUT2D eigenvalue weighted by Gasteiger charge is 2.33. The van der Waals surface area contributed by atoms with Gasteiger partial charge in [-0.2, -0.15) is 0 Å². The van der Waals surface area contributed by atoms with Crippen LogP contribution in [0.15, 0.2) is 56.5 Å². The second-order valence-electron chi connectivity index (χ2n) is 11.1. The lowest BCUT2D eigenvalue weighted by Gasteiger charge is -2.14. The molecular formula is C36H46N4O. The normalized spacial score (nSPS) is 17.2. The van der Waals surface area contributed by atoms with Gasteiger partial charge in [0.2, 0.25) is 5.78 Å². The van der Waals surface area contributed by atoms with E-state index in [1.807, 2.05) is 6.08 Å². The van der Waals surface area contributed by atoms with Crippen LogP contribution in [0.25, 0.3) is 17.2 Å². The number of carbonyl (C=O) groups excluding carboxylic acids is 1. The van der Waals surface area contributed by atoms with Crippen molar-refractivity contribution in [3.05, 3.63) is 84.7 Å². The van der Waals surface area contributed by atoms with E-state index in [1.54, 1.807) is 0 Å². The third kappa shape index (κ3) is 4.54. The molecular weight excluding hydrogens is 504 g/mol. The van der Waals surface area contributed by atoms with Gasteiger partial charge in [0.15, 0.2) is 0 Å². The van der Waals surface area contributed by atoms with Crippen molar-refractivity contribution in [2.24, 2.45) is 4.99 Å². The lowest BCUT2D eigenvalue weighted by Crippen LogP contribution is -2.21. The van der Waals surface area contributed by atoms with Crippen molar-refractivity contribution >= 4 is 28.7 Å². The predicted molar refractivity (Wildman–Crippen MR) is 172 cm³/mol. The van der Waals surface area contributed by atoms with Gasteiger partial charge in [-0.3, -0.25) is 4.79 Å². The van der Waals surface area contributed by atoms with Crippen molar-refractivity contribution in [2.45, 2.75) is 107 Å². The van der Waals surface area contributed by atoms with Gasteiger partial charge in [0.1, 0.15) is 0 Å². The summed E-state index contributed by atoms with van der Waals surface area (Å²) < 4.78 is 0. The summed E-state index contributed by atoms with van der Waals surface area (Å²) in [5.74, 6) is 0.0874. The van der Waals surface area contributed by atoms with Gasteiger partial charge in [-0.15, -0.1) is 0 Å². The number of allylic oxidation sites excluding steroid dienone is 4. The summed E-state index contributed by atoms with van der Waals surface area (Å²) in [6, 6.07) is 4.25. The van der Waals surface area contributed by atoms with Gasteiger partial charge in [-0.25, -0.2) is 4.99 Å². The second-order valence-corrected chi connectivity index (χ2v) is 11.1. The molecule has 3 aliphatic rings. The van der Waals surface area contributed by atoms with Gasteiger partial charge in [0.05, 0.1) is 22.8 Å². The van der Waals surface area contributed by atoms with Crippen LogP contribution in [-0.4, -0.2) is 21.5 Å². The van der Waals surface area contributed by atoms with Crippen molar-refractivity contribution in [1.82, 2.24) is 15.3 Å². The number of hydrogen-bond acceptors (Lipinski definition) is 3. The van der Waals surface area contributed by atoms with Gasteiger partial charge in [-0.05, 0) is 97.4 Å². The highest BCUT2D eigenvalue weighted by molar-refractivity contribution is 6.29. The topological polar surface area (TPSA) is 73.0 Å². The van der Waals surface area contributed by atoms with Gasteiger partial charge < -0.3 is 15.3 Å². The molecule has 0 spiro atoms. The minimum atomic E-state index is 0.0874. The number of fused-ring (bicyclic) bond motifs is 7. The van der Waals surface area contributed by atoms with E-state index in [9.17, 15) is 4.79 Å². The van der Waals surface area contributed by atoms with E-state index in [0.29, 0.717) is 12.1 Å². The number of ketones is 1. The summed E-state index contributed by atoms with van der Waals surface area (Å²) in [5, 5.41) is 6.05. The highest BCUT2D eigenvalue weighted by atomic mass is 16.1. The third-order valence-electron chi connectivity index (χ3n) is 9.10. The van der Waals surface area contributed by atoms with Crippen LogP contribution in [-0.2, 0) is 17.6 Å². The van der Waals surface area contributed by atoms with Crippen LogP contribution in [0, 0.1) is 0 Å². The fraction of sp³-hybridized carbons (Fsp3) is 0.444. The fourth-order valence-corrected chi connectivity index (χ4v) is 7.16. The molecule has 2 aromatic rings. The molecule has 5 heterocycles. The Kier molecular flexibility index (Phi) is 8.26. The summed E-state index contributed by atoms with van der Waals surface area (Å²) in [5.41, 5.74) is 15.8. The largest absolute Gasteiger partial charge is 0.355 e. The smallest absolute Gasteiger partial charge is 0.207 e. The highest BCUT2D eigenvalue weighted by Crippen LogP contribution is 2.40. The first-order chi connectivity index (χ1) is 19.9. The average molecular weight is 551 g/mol.